The Labute approximate surface area is 686 Å². The molecule has 0 fully saturated rings. The molecule has 0 radical (unpaired) electrons. The van der Waals surface area contributed by atoms with Crippen LogP contribution in [-0.4, -0.2) is 178 Å². The lowest BCUT2D eigenvalue weighted by molar-refractivity contribution is -0.0841. The van der Waals surface area contributed by atoms with Crippen molar-refractivity contribution in [1.82, 2.24) is 29.4 Å². The van der Waals surface area contributed by atoms with Crippen LogP contribution in [0.2, 0.25) is 0 Å². The van der Waals surface area contributed by atoms with Crippen molar-refractivity contribution in [3.8, 4) is 0 Å². The third-order valence-corrected chi connectivity index (χ3v) is 26.8. The van der Waals surface area contributed by atoms with Gasteiger partial charge in [-0.25, -0.2) is 0 Å². The van der Waals surface area contributed by atoms with Crippen molar-refractivity contribution in [2.75, 3.05) is 59.3 Å². The van der Waals surface area contributed by atoms with E-state index >= 15 is 28.8 Å². The summed E-state index contributed by atoms with van der Waals surface area (Å²) in [6.07, 6.45) is 4.82. The highest BCUT2D eigenvalue weighted by Crippen LogP contribution is 2.52. The summed E-state index contributed by atoms with van der Waals surface area (Å²) in [6.45, 7) is 13.5. The van der Waals surface area contributed by atoms with E-state index in [4.69, 9.17) is 14.2 Å². The molecule has 0 saturated carbocycles. The van der Waals surface area contributed by atoms with Gasteiger partial charge in [-0.05, 0) is 216 Å². The van der Waals surface area contributed by atoms with E-state index in [1.54, 1.807) is 93.6 Å². The molecule has 6 aliphatic heterocycles. The smallest absolute Gasteiger partial charge is 0.261 e. The largest absolute Gasteiger partial charge is 0.379 e. The fraction of sp³-hybridized carbons (Fsp3) is 0.273. The Kier molecular flexibility index (Phi) is 16.9. The number of rotatable bonds is 25. The molecular formula is C99H80N6O15. The molecule has 15 aromatic carbocycles. The van der Waals surface area contributed by atoms with Crippen LogP contribution in [0.1, 0.15) is 218 Å². The number of unbranched alkanes of at least 4 members (excludes halogenated alkanes) is 3. The predicted octanol–water partition coefficient (Wildman–Crippen LogP) is 17.8. The van der Waals surface area contributed by atoms with Crippen LogP contribution in [0.15, 0.2) is 146 Å². The van der Waals surface area contributed by atoms with Gasteiger partial charge in [0, 0.05) is 124 Å². The second-order valence-corrected chi connectivity index (χ2v) is 33.7. The van der Waals surface area contributed by atoms with E-state index in [0.717, 1.165) is 100 Å². The van der Waals surface area contributed by atoms with E-state index in [-0.39, 0.29) is 75.1 Å². The molecule has 0 aromatic heterocycles. The first-order valence-electron chi connectivity index (χ1n) is 41.7. The molecule has 15 aromatic rings. The number of carbonyl (C=O) groups is 12. The van der Waals surface area contributed by atoms with E-state index in [9.17, 15) is 28.8 Å². The average molecular weight is 1590 g/mol. The highest BCUT2D eigenvalue weighted by Gasteiger charge is 2.45. The van der Waals surface area contributed by atoms with Gasteiger partial charge in [0.05, 0.1) is 57.8 Å². The molecule has 596 valence electrons. The Morgan fingerprint density at radius 2 is 0.392 bits per heavy atom. The molecule has 6 heterocycles. The minimum absolute atomic E-state index is 0.0652. The molecule has 21 heteroatoms. The maximum atomic E-state index is 15.2. The summed E-state index contributed by atoms with van der Waals surface area (Å²) in [6, 6.07) is 41.1. The summed E-state index contributed by atoms with van der Waals surface area (Å²) in [4.78, 5) is 183. The minimum atomic E-state index is -1.03. The summed E-state index contributed by atoms with van der Waals surface area (Å²) in [7, 11) is 0. The molecule has 0 aliphatic carbocycles. The molecule has 12 amide bonds. The summed E-state index contributed by atoms with van der Waals surface area (Å²) in [5.41, 5.74) is 3.57. The molecular weight excluding hydrogens is 1510 g/mol. The number of carbonyl (C=O) groups excluding carboxylic acids is 12. The maximum Gasteiger partial charge on any atom is 0.261 e. The Morgan fingerprint density at radius 1 is 0.233 bits per heavy atom. The highest BCUT2D eigenvalue weighted by molar-refractivity contribution is 6.45. The Morgan fingerprint density at radius 3 is 0.542 bits per heavy atom. The van der Waals surface area contributed by atoms with Crippen molar-refractivity contribution < 1.29 is 71.7 Å². The molecule has 120 heavy (non-hydrogen) atoms. The highest BCUT2D eigenvalue weighted by atomic mass is 16.5. The van der Waals surface area contributed by atoms with Gasteiger partial charge in [0.25, 0.3) is 70.9 Å². The zero-order valence-corrected chi connectivity index (χ0v) is 67.2. The van der Waals surface area contributed by atoms with Gasteiger partial charge in [0.1, 0.15) is 0 Å². The van der Waals surface area contributed by atoms with Crippen LogP contribution in [0.5, 0.6) is 0 Å². The number of fused-ring (bicyclic) bond motifs is 6. The van der Waals surface area contributed by atoms with Crippen molar-refractivity contribution >= 4 is 200 Å². The maximum absolute atomic E-state index is 15.2. The number of ether oxygens (including phenoxy) is 3. The van der Waals surface area contributed by atoms with Crippen LogP contribution in [0.4, 0.5) is 0 Å². The fourth-order valence-corrected chi connectivity index (χ4v) is 20.8. The van der Waals surface area contributed by atoms with Crippen LogP contribution in [-0.2, 0) is 14.2 Å². The summed E-state index contributed by atoms with van der Waals surface area (Å²) in [5, 5.41) is 17.0. The summed E-state index contributed by atoms with van der Waals surface area (Å²) in [5.74, 6) is -5.15. The number of nitrogens with zero attached hydrogens (tertiary/aromatic N) is 6. The van der Waals surface area contributed by atoms with Crippen LogP contribution in [0, 0.1) is 5.41 Å². The molecule has 3 unspecified atom stereocenters. The lowest BCUT2D eigenvalue weighted by atomic mass is 9.82. The van der Waals surface area contributed by atoms with Gasteiger partial charge in [-0.1, -0.05) is 120 Å². The van der Waals surface area contributed by atoms with Gasteiger partial charge < -0.3 is 14.2 Å². The van der Waals surface area contributed by atoms with E-state index in [2.05, 4.69) is 0 Å². The number of hydrogen-bond acceptors (Lipinski definition) is 15. The van der Waals surface area contributed by atoms with Gasteiger partial charge in [-0.3, -0.25) is 86.9 Å². The third kappa shape index (κ3) is 10.1. The normalized spacial score (nSPS) is 16.8. The summed E-state index contributed by atoms with van der Waals surface area (Å²) < 4.78 is 20.1. The van der Waals surface area contributed by atoms with Gasteiger partial charge in [0.2, 0.25) is 0 Å². The first kappa shape index (κ1) is 74.5. The standard InChI is InChI=1S/C99H80N6O15/c1-8-12-39-100-87(106)63-27-15-51-57-21-33-69-84-70(34-22-58(78(57)84)52-16-28-64(88(100)107)81(63)75(51)52)94(113)103(93(69)112)48(5)42-118-45-99(11-4,46-119-43-49(6)104-95(114)71-35-23-59-53-17-29-65-82-66(90(109)101(89(65)108)40-13-9-2)30-18-54(76(53)82)60-24-36-72(96(104)115)85(71)79(59)60)47-120-44-50(7)105-97(116)73-37-25-61-55-19-31-67-83-68(92(111)102(91(67)110)41-14-10-3)32-20-56(77(55)83)62-26-38-74(98(105)117)86(73)80(61)62/h15-38,48-50H,8-14,39-47H2,1-7H3. The third-order valence-electron chi connectivity index (χ3n) is 26.8. The number of hydrogen-bond donors (Lipinski definition) is 0. The molecule has 21 nitrogen and oxygen atoms in total. The van der Waals surface area contributed by atoms with E-state index in [0.29, 0.717) is 161 Å². The molecule has 6 aliphatic rings. The second kappa shape index (κ2) is 27.2. The van der Waals surface area contributed by atoms with Gasteiger partial charge >= 0.3 is 0 Å². The second-order valence-electron chi connectivity index (χ2n) is 33.7. The predicted molar refractivity (Wildman–Crippen MR) is 459 cm³/mol. The topological polar surface area (TPSA) is 252 Å². The van der Waals surface area contributed by atoms with E-state index in [1.807, 2.05) is 100 Å². The Bertz CT molecular complexity index is 6270. The molecule has 0 saturated heterocycles. The quantitative estimate of drug-likeness (QED) is 0.0293. The first-order valence-corrected chi connectivity index (χ1v) is 41.7. The lowest BCUT2D eigenvalue weighted by Gasteiger charge is -2.37. The fourth-order valence-electron chi connectivity index (χ4n) is 20.8. The number of benzene rings is 15. The lowest BCUT2D eigenvalue weighted by Crippen LogP contribution is -2.49. The number of amides is 12. The van der Waals surface area contributed by atoms with Crippen molar-refractivity contribution in [2.24, 2.45) is 5.41 Å². The zero-order chi connectivity index (χ0) is 82.8. The van der Waals surface area contributed by atoms with Crippen molar-refractivity contribution in [3.63, 3.8) is 0 Å². The van der Waals surface area contributed by atoms with Crippen molar-refractivity contribution in [2.45, 2.75) is 112 Å². The van der Waals surface area contributed by atoms with Crippen molar-refractivity contribution in [1.29, 1.82) is 0 Å². The first-order chi connectivity index (χ1) is 58.2. The Balaban J connectivity index is 0.564. The molecule has 0 spiro atoms. The summed E-state index contributed by atoms with van der Waals surface area (Å²) >= 11 is 0. The van der Waals surface area contributed by atoms with Crippen LogP contribution in [0.25, 0.3) is 129 Å². The molecule has 3 atom stereocenters. The van der Waals surface area contributed by atoms with E-state index < -0.39 is 59.0 Å². The average Bonchev–Trinajstić information content (AvgIpc) is 0.697. The SMILES string of the molecule is CCCCN1C(=O)c2ccc3c4ccc5c6c(ccc(c7ccc(c2c37)C1=O)c64)C(=O)N(C(C)COCC(CC)(COCC(C)N1C(=O)c2ccc3c4ccc6c7c(ccc(c8ccc(c2c38)C1=O)c74)C(=O)N(CCCC)C6=O)COCC(C)N1C(=O)c2ccc3c4ccc6c7c(ccc(c8ccc(c2c38)C1=O)c74)C(=O)N(CCCC)C6=O)C5=O. The number of imide groups is 6. The van der Waals surface area contributed by atoms with Crippen LogP contribution in [0.3, 0.4) is 0 Å². The van der Waals surface area contributed by atoms with Gasteiger partial charge in [-0.15, -0.1) is 0 Å². The molecule has 21 rings (SSSR count). The molecule has 0 N–H and O–H groups in total. The van der Waals surface area contributed by atoms with Crippen LogP contribution >= 0.6 is 0 Å². The van der Waals surface area contributed by atoms with Gasteiger partial charge in [-0.2, -0.15) is 0 Å². The minimum Gasteiger partial charge on any atom is -0.379 e. The van der Waals surface area contributed by atoms with E-state index in [1.165, 1.54) is 29.4 Å². The Hall–Kier alpha value is -13.1. The van der Waals surface area contributed by atoms with Gasteiger partial charge in [0.15, 0.2) is 0 Å². The zero-order valence-electron chi connectivity index (χ0n) is 67.2. The molecule has 0 bridgehead atoms. The van der Waals surface area contributed by atoms with Crippen LogP contribution < -0.4 is 0 Å². The van der Waals surface area contributed by atoms with Crippen molar-refractivity contribution in [3.05, 3.63) is 212 Å². The monoisotopic (exact) mass is 1590 g/mol.